The molecule has 23 heavy (non-hydrogen) atoms. The minimum absolute atomic E-state index is 0.580. The van der Waals surface area contributed by atoms with Crippen molar-refractivity contribution >= 4 is 5.82 Å². The van der Waals surface area contributed by atoms with E-state index in [2.05, 4.69) is 20.1 Å². The summed E-state index contributed by atoms with van der Waals surface area (Å²) in [5.74, 6) is 1.47. The minimum atomic E-state index is -4.35. The number of pyridine rings is 1. The molecule has 0 atom stereocenters. The zero-order valence-corrected chi connectivity index (χ0v) is 12.7. The average molecular weight is 326 g/mol. The number of hydrogen-bond acceptors (Lipinski definition) is 5. The Labute approximate surface area is 131 Å². The molecule has 2 aromatic rings. The van der Waals surface area contributed by atoms with Crippen molar-refractivity contribution in [1.82, 2.24) is 24.6 Å². The summed E-state index contributed by atoms with van der Waals surface area (Å²) in [5.41, 5.74) is -0.720. The van der Waals surface area contributed by atoms with Crippen molar-refractivity contribution in [2.24, 2.45) is 7.05 Å². The predicted molar refractivity (Wildman–Crippen MR) is 77.7 cm³/mol. The lowest BCUT2D eigenvalue weighted by Crippen LogP contribution is -2.46. The lowest BCUT2D eigenvalue weighted by Gasteiger charge is -2.35. The zero-order chi connectivity index (χ0) is 16.4. The Hall–Kier alpha value is -2.16. The van der Waals surface area contributed by atoms with Gasteiger partial charge >= 0.3 is 6.18 Å². The molecular weight excluding hydrogens is 309 g/mol. The molecule has 0 bridgehead atoms. The summed E-state index contributed by atoms with van der Waals surface area (Å²) in [6.45, 7) is 3.75. The van der Waals surface area contributed by atoms with E-state index in [-0.39, 0.29) is 0 Å². The van der Waals surface area contributed by atoms with E-state index in [0.29, 0.717) is 12.4 Å². The van der Waals surface area contributed by atoms with Gasteiger partial charge in [0, 0.05) is 39.4 Å². The molecule has 0 radical (unpaired) electrons. The summed E-state index contributed by atoms with van der Waals surface area (Å²) >= 11 is 0. The number of rotatable bonds is 3. The highest BCUT2D eigenvalue weighted by Gasteiger charge is 2.31. The van der Waals surface area contributed by atoms with E-state index < -0.39 is 11.7 Å². The number of halogens is 3. The molecule has 0 spiro atoms. The van der Waals surface area contributed by atoms with Gasteiger partial charge in [-0.15, -0.1) is 10.2 Å². The van der Waals surface area contributed by atoms with Crippen molar-refractivity contribution in [3.63, 3.8) is 0 Å². The first kappa shape index (κ1) is 15.7. The van der Waals surface area contributed by atoms with Gasteiger partial charge in [-0.25, -0.2) is 4.98 Å². The fourth-order valence-corrected chi connectivity index (χ4v) is 2.53. The molecule has 3 heterocycles. The number of nitrogens with zero attached hydrogens (tertiary/aromatic N) is 6. The van der Waals surface area contributed by atoms with E-state index in [4.69, 9.17) is 0 Å². The second-order valence-corrected chi connectivity index (χ2v) is 5.52. The highest BCUT2D eigenvalue weighted by Crippen LogP contribution is 2.29. The SMILES string of the molecule is Cn1cnnc1CN1CCN(c2ccc(C(F)(F)F)cn2)CC1. The van der Waals surface area contributed by atoms with Gasteiger partial charge in [0.25, 0.3) is 0 Å². The molecule has 0 aromatic carbocycles. The third kappa shape index (κ3) is 3.61. The van der Waals surface area contributed by atoms with Crippen molar-refractivity contribution in [2.75, 3.05) is 31.1 Å². The summed E-state index contributed by atoms with van der Waals surface area (Å²) in [6, 6.07) is 2.51. The van der Waals surface area contributed by atoms with Crippen LogP contribution in [0.4, 0.5) is 19.0 Å². The summed E-state index contributed by atoms with van der Waals surface area (Å²) in [6.07, 6.45) is -1.79. The third-order valence-electron chi connectivity index (χ3n) is 3.94. The van der Waals surface area contributed by atoms with Gasteiger partial charge in [-0.05, 0) is 12.1 Å². The molecule has 1 saturated heterocycles. The first-order valence-electron chi connectivity index (χ1n) is 7.27. The molecule has 1 aliphatic heterocycles. The summed E-state index contributed by atoms with van der Waals surface area (Å²) < 4.78 is 39.5. The van der Waals surface area contributed by atoms with E-state index >= 15 is 0 Å². The maximum absolute atomic E-state index is 12.6. The van der Waals surface area contributed by atoms with Gasteiger partial charge in [0.2, 0.25) is 0 Å². The Morgan fingerprint density at radius 3 is 2.39 bits per heavy atom. The highest BCUT2D eigenvalue weighted by atomic mass is 19.4. The third-order valence-corrected chi connectivity index (χ3v) is 3.94. The fraction of sp³-hybridized carbons (Fsp3) is 0.500. The zero-order valence-electron chi connectivity index (χ0n) is 12.7. The minimum Gasteiger partial charge on any atom is -0.354 e. The maximum atomic E-state index is 12.6. The Morgan fingerprint density at radius 1 is 1.13 bits per heavy atom. The van der Waals surface area contributed by atoms with Gasteiger partial charge in [0.1, 0.15) is 18.0 Å². The number of hydrogen-bond donors (Lipinski definition) is 0. The van der Waals surface area contributed by atoms with Gasteiger partial charge < -0.3 is 9.47 Å². The van der Waals surface area contributed by atoms with Crippen LogP contribution in [0.1, 0.15) is 11.4 Å². The fourth-order valence-electron chi connectivity index (χ4n) is 2.53. The van der Waals surface area contributed by atoms with Crippen LogP contribution >= 0.6 is 0 Å². The van der Waals surface area contributed by atoms with Crippen molar-refractivity contribution in [3.05, 3.63) is 36.0 Å². The molecule has 3 rings (SSSR count). The molecule has 6 nitrogen and oxygen atoms in total. The Morgan fingerprint density at radius 2 is 1.87 bits per heavy atom. The van der Waals surface area contributed by atoms with Gasteiger partial charge in [0.15, 0.2) is 0 Å². The Balaban J connectivity index is 1.57. The number of aromatic nitrogens is 4. The smallest absolute Gasteiger partial charge is 0.354 e. The molecule has 0 amide bonds. The van der Waals surface area contributed by atoms with Crippen LogP contribution in [-0.4, -0.2) is 50.8 Å². The van der Waals surface area contributed by atoms with Crippen LogP contribution in [0, 0.1) is 0 Å². The van der Waals surface area contributed by atoms with Crippen LogP contribution in [0.5, 0.6) is 0 Å². The summed E-state index contributed by atoms with van der Waals surface area (Å²) in [7, 11) is 1.90. The molecule has 0 aliphatic carbocycles. The monoisotopic (exact) mass is 326 g/mol. The first-order valence-corrected chi connectivity index (χ1v) is 7.27. The van der Waals surface area contributed by atoms with Crippen LogP contribution in [0.2, 0.25) is 0 Å². The van der Waals surface area contributed by atoms with Crippen LogP contribution < -0.4 is 4.90 Å². The first-order chi connectivity index (χ1) is 10.9. The molecule has 0 saturated carbocycles. The lowest BCUT2D eigenvalue weighted by atomic mass is 10.2. The number of alkyl halides is 3. The molecular formula is C14H17F3N6. The largest absolute Gasteiger partial charge is 0.417 e. The molecule has 2 aromatic heterocycles. The van der Waals surface area contributed by atoms with E-state index in [0.717, 1.165) is 44.3 Å². The van der Waals surface area contributed by atoms with Gasteiger partial charge in [-0.3, -0.25) is 4.90 Å². The van der Waals surface area contributed by atoms with Gasteiger partial charge in [-0.1, -0.05) is 0 Å². The highest BCUT2D eigenvalue weighted by molar-refractivity contribution is 5.40. The Bertz CT molecular complexity index is 643. The van der Waals surface area contributed by atoms with E-state index in [1.807, 2.05) is 16.5 Å². The molecule has 9 heteroatoms. The number of piperazine rings is 1. The second kappa shape index (κ2) is 6.15. The standard InChI is InChI=1S/C14H17F3N6/c1-21-10-19-20-13(21)9-22-4-6-23(7-5-22)12-3-2-11(8-18-12)14(15,16)17/h2-3,8,10H,4-7,9H2,1H3. The Kier molecular flexibility index (Phi) is 4.20. The van der Waals surface area contributed by atoms with E-state index in [1.54, 1.807) is 6.33 Å². The van der Waals surface area contributed by atoms with E-state index in [1.165, 1.54) is 6.07 Å². The lowest BCUT2D eigenvalue weighted by molar-refractivity contribution is -0.137. The second-order valence-electron chi connectivity index (χ2n) is 5.52. The van der Waals surface area contributed by atoms with E-state index in [9.17, 15) is 13.2 Å². The average Bonchev–Trinajstić information content (AvgIpc) is 2.93. The summed E-state index contributed by atoms with van der Waals surface area (Å²) in [5, 5.41) is 7.91. The maximum Gasteiger partial charge on any atom is 0.417 e. The predicted octanol–water partition coefficient (Wildman–Crippen LogP) is 1.55. The van der Waals surface area contributed by atoms with Crippen LogP contribution in [0.3, 0.4) is 0 Å². The molecule has 0 N–H and O–H groups in total. The molecule has 1 fully saturated rings. The quantitative estimate of drug-likeness (QED) is 0.857. The topological polar surface area (TPSA) is 50.1 Å². The molecule has 1 aliphatic rings. The van der Waals surface area contributed by atoms with Crippen molar-refractivity contribution in [1.29, 1.82) is 0 Å². The molecule has 0 unspecified atom stereocenters. The number of aryl methyl sites for hydroxylation is 1. The van der Waals surface area contributed by atoms with Crippen LogP contribution in [0.25, 0.3) is 0 Å². The van der Waals surface area contributed by atoms with Crippen molar-refractivity contribution in [3.8, 4) is 0 Å². The van der Waals surface area contributed by atoms with Crippen molar-refractivity contribution in [2.45, 2.75) is 12.7 Å². The normalized spacial score (nSPS) is 16.8. The van der Waals surface area contributed by atoms with Crippen LogP contribution in [-0.2, 0) is 19.8 Å². The van der Waals surface area contributed by atoms with Gasteiger partial charge in [0.05, 0.1) is 12.1 Å². The van der Waals surface area contributed by atoms with Crippen molar-refractivity contribution < 1.29 is 13.2 Å². The number of anilines is 1. The molecule has 124 valence electrons. The van der Waals surface area contributed by atoms with Crippen LogP contribution in [0.15, 0.2) is 24.7 Å². The summed E-state index contributed by atoms with van der Waals surface area (Å²) in [4.78, 5) is 8.18. The van der Waals surface area contributed by atoms with Gasteiger partial charge in [-0.2, -0.15) is 13.2 Å².